The summed E-state index contributed by atoms with van der Waals surface area (Å²) in [5.74, 6) is -1.70. The molecule has 0 heterocycles. The van der Waals surface area contributed by atoms with Gasteiger partial charge in [0, 0.05) is 25.3 Å². The summed E-state index contributed by atoms with van der Waals surface area (Å²) in [6, 6.07) is 2.18. The Balaban J connectivity index is 2.82. The Labute approximate surface area is 148 Å². The van der Waals surface area contributed by atoms with Crippen LogP contribution in [-0.4, -0.2) is 48.9 Å². The molecule has 0 spiro atoms. The maximum Gasteiger partial charge on any atom is 0.240 e. The minimum Gasteiger partial charge on any atom is -0.351 e. The smallest absolute Gasteiger partial charge is 0.240 e. The van der Waals surface area contributed by atoms with Gasteiger partial charge in [0.05, 0.1) is 12.6 Å². The van der Waals surface area contributed by atoms with Gasteiger partial charge in [-0.3, -0.25) is 4.79 Å². The van der Waals surface area contributed by atoms with Gasteiger partial charge < -0.3 is 20.1 Å². The van der Waals surface area contributed by atoms with Crippen molar-refractivity contribution in [2.75, 3.05) is 19.8 Å². The van der Waals surface area contributed by atoms with Crippen molar-refractivity contribution in [3.8, 4) is 0 Å². The van der Waals surface area contributed by atoms with Crippen LogP contribution in [0.15, 0.2) is 18.2 Å². The fourth-order valence-corrected chi connectivity index (χ4v) is 2.47. The van der Waals surface area contributed by atoms with Gasteiger partial charge in [0.15, 0.2) is 6.29 Å². The van der Waals surface area contributed by atoms with Crippen LogP contribution in [0.3, 0.4) is 0 Å². The topological polar surface area (TPSA) is 64.8 Å². The summed E-state index contributed by atoms with van der Waals surface area (Å²) in [5.41, 5.74) is 6.19. The SMILES string of the molecule is CCOC(CN(C(=O)C(N)Cc1ccc(F)cc1F)C(C)C)OCC. The van der Waals surface area contributed by atoms with Crippen molar-refractivity contribution in [2.24, 2.45) is 5.73 Å². The molecule has 0 aromatic heterocycles. The molecule has 142 valence electrons. The second-order valence-corrected chi connectivity index (χ2v) is 5.97. The molecule has 0 aliphatic heterocycles. The second kappa shape index (κ2) is 10.4. The van der Waals surface area contributed by atoms with Crippen LogP contribution in [0.2, 0.25) is 0 Å². The maximum atomic E-state index is 13.8. The van der Waals surface area contributed by atoms with Crippen molar-refractivity contribution in [1.29, 1.82) is 0 Å². The lowest BCUT2D eigenvalue weighted by atomic mass is 10.0. The Morgan fingerprint density at radius 2 is 1.80 bits per heavy atom. The molecule has 0 radical (unpaired) electrons. The molecule has 1 unspecified atom stereocenters. The summed E-state index contributed by atoms with van der Waals surface area (Å²) in [6.07, 6.45) is -0.557. The Kier molecular flexibility index (Phi) is 8.96. The standard InChI is InChI=1S/C18H28F2N2O3/c1-5-24-17(25-6-2)11-22(12(3)4)18(23)16(21)9-13-7-8-14(19)10-15(13)20/h7-8,10,12,16-17H,5-6,9,11,21H2,1-4H3. The van der Waals surface area contributed by atoms with Crippen molar-refractivity contribution in [3.63, 3.8) is 0 Å². The zero-order valence-electron chi connectivity index (χ0n) is 15.3. The minimum absolute atomic E-state index is 0.0118. The number of amides is 1. The highest BCUT2D eigenvalue weighted by Gasteiger charge is 2.27. The summed E-state index contributed by atoms with van der Waals surface area (Å²) in [5, 5.41) is 0. The van der Waals surface area contributed by atoms with Gasteiger partial charge in [0.25, 0.3) is 0 Å². The number of halogens is 2. The van der Waals surface area contributed by atoms with Gasteiger partial charge in [-0.15, -0.1) is 0 Å². The van der Waals surface area contributed by atoms with Gasteiger partial charge in [-0.25, -0.2) is 8.78 Å². The molecule has 1 aromatic carbocycles. The van der Waals surface area contributed by atoms with Crippen molar-refractivity contribution in [3.05, 3.63) is 35.4 Å². The predicted octanol–water partition coefficient (Wildman–Crippen LogP) is 2.47. The minimum atomic E-state index is -0.939. The van der Waals surface area contributed by atoms with Gasteiger partial charge in [0.1, 0.15) is 11.6 Å². The highest BCUT2D eigenvalue weighted by molar-refractivity contribution is 5.82. The summed E-state index contributed by atoms with van der Waals surface area (Å²) in [4.78, 5) is 14.3. The number of carbonyl (C=O) groups is 1. The number of nitrogens with zero attached hydrogens (tertiary/aromatic N) is 1. The van der Waals surface area contributed by atoms with E-state index in [-0.39, 0.29) is 30.5 Å². The Bertz CT molecular complexity index is 549. The van der Waals surface area contributed by atoms with E-state index < -0.39 is 24.0 Å². The third-order valence-corrected chi connectivity index (χ3v) is 3.73. The van der Waals surface area contributed by atoms with Crippen LogP contribution in [0.25, 0.3) is 0 Å². The molecule has 0 bridgehead atoms. The molecular weight excluding hydrogens is 330 g/mol. The normalized spacial score (nSPS) is 12.7. The lowest BCUT2D eigenvalue weighted by Crippen LogP contribution is -2.51. The molecule has 1 amide bonds. The summed E-state index contributed by atoms with van der Waals surface area (Å²) in [7, 11) is 0. The van der Waals surface area contributed by atoms with E-state index in [9.17, 15) is 13.6 Å². The average molecular weight is 358 g/mol. The third kappa shape index (κ3) is 6.68. The molecule has 0 saturated heterocycles. The van der Waals surface area contributed by atoms with Crippen LogP contribution >= 0.6 is 0 Å². The second-order valence-electron chi connectivity index (χ2n) is 5.97. The lowest BCUT2D eigenvalue weighted by molar-refractivity contribution is -0.162. The molecule has 0 aliphatic carbocycles. The number of rotatable bonds is 10. The van der Waals surface area contributed by atoms with Crippen molar-refractivity contribution < 1.29 is 23.0 Å². The first-order chi connectivity index (χ1) is 11.8. The number of carbonyl (C=O) groups excluding carboxylic acids is 1. The summed E-state index contributed by atoms with van der Waals surface area (Å²) in [6.45, 7) is 8.55. The van der Waals surface area contributed by atoms with E-state index in [1.165, 1.54) is 6.07 Å². The fourth-order valence-electron chi connectivity index (χ4n) is 2.47. The highest BCUT2D eigenvalue weighted by Crippen LogP contribution is 2.14. The largest absolute Gasteiger partial charge is 0.351 e. The van der Waals surface area contributed by atoms with E-state index in [2.05, 4.69) is 0 Å². The molecular formula is C18H28F2N2O3. The molecule has 0 fully saturated rings. The highest BCUT2D eigenvalue weighted by atomic mass is 19.1. The molecule has 7 heteroatoms. The molecule has 1 atom stereocenters. The Morgan fingerprint density at radius 1 is 1.20 bits per heavy atom. The molecule has 1 aromatic rings. The van der Waals surface area contributed by atoms with Gasteiger partial charge in [-0.2, -0.15) is 0 Å². The zero-order valence-corrected chi connectivity index (χ0v) is 15.3. The van der Waals surface area contributed by atoms with Crippen molar-refractivity contribution in [1.82, 2.24) is 4.90 Å². The van der Waals surface area contributed by atoms with Crippen molar-refractivity contribution >= 4 is 5.91 Å². The van der Waals surface area contributed by atoms with Crippen LogP contribution in [0.1, 0.15) is 33.3 Å². The van der Waals surface area contributed by atoms with E-state index in [1.807, 2.05) is 27.7 Å². The first-order valence-corrected chi connectivity index (χ1v) is 8.53. The fraction of sp³-hybridized carbons (Fsp3) is 0.611. The zero-order chi connectivity index (χ0) is 19.0. The van der Waals surface area contributed by atoms with Crippen LogP contribution in [0.5, 0.6) is 0 Å². The molecule has 2 N–H and O–H groups in total. The lowest BCUT2D eigenvalue weighted by Gasteiger charge is -2.32. The molecule has 1 rings (SSSR count). The van der Waals surface area contributed by atoms with Crippen LogP contribution < -0.4 is 5.73 Å². The molecule has 0 aliphatic rings. The van der Waals surface area contributed by atoms with Crippen molar-refractivity contribution in [2.45, 2.75) is 52.5 Å². The predicted molar refractivity (Wildman–Crippen MR) is 91.9 cm³/mol. The van der Waals surface area contributed by atoms with Gasteiger partial charge in [0.2, 0.25) is 5.91 Å². The van der Waals surface area contributed by atoms with E-state index >= 15 is 0 Å². The molecule has 25 heavy (non-hydrogen) atoms. The number of nitrogens with two attached hydrogens (primary N) is 1. The van der Waals surface area contributed by atoms with Gasteiger partial charge >= 0.3 is 0 Å². The van der Waals surface area contributed by atoms with E-state index in [1.54, 1.807) is 4.90 Å². The monoisotopic (exact) mass is 358 g/mol. The average Bonchev–Trinajstić information content (AvgIpc) is 2.54. The van der Waals surface area contributed by atoms with E-state index in [0.717, 1.165) is 12.1 Å². The van der Waals surface area contributed by atoms with Crippen LogP contribution in [-0.2, 0) is 20.7 Å². The summed E-state index contributed by atoms with van der Waals surface area (Å²) < 4.78 is 37.7. The molecule has 0 saturated carbocycles. The van der Waals surface area contributed by atoms with Gasteiger partial charge in [-0.1, -0.05) is 6.07 Å². The third-order valence-electron chi connectivity index (χ3n) is 3.73. The summed E-state index contributed by atoms with van der Waals surface area (Å²) >= 11 is 0. The first kappa shape index (κ1) is 21.5. The van der Waals surface area contributed by atoms with E-state index in [4.69, 9.17) is 15.2 Å². The number of ether oxygens (including phenoxy) is 2. The quantitative estimate of drug-likeness (QED) is 0.653. The maximum absolute atomic E-state index is 13.8. The number of hydrogen-bond acceptors (Lipinski definition) is 4. The Hall–Kier alpha value is -1.57. The first-order valence-electron chi connectivity index (χ1n) is 8.53. The number of benzene rings is 1. The van der Waals surface area contributed by atoms with Gasteiger partial charge in [-0.05, 0) is 45.7 Å². The van der Waals surface area contributed by atoms with Crippen LogP contribution in [0, 0.1) is 11.6 Å². The van der Waals surface area contributed by atoms with Crippen LogP contribution in [0.4, 0.5) is 8.78 Å². The molecule has 5 nitrogen and oxygen atoms in total. The Morgan fingerprint density at radius 3 is 2.28 bits per heavy atom. The number of hydrogen-bond donors (Lipinski definition) is 1. The van der Waals surface area contributed by atoms with E-state index in [0.29, 0.717) is 13.2 Å².